The van der Waals surface area contributed by atoms with Crippen LogP contribution in [0.25, 0.3) is 0 Å². The van der Waals surface area contributed by atoms with E-state index in [1.54, 1.807) is 0 Å². The smallest absolute Gasteiger partial charge is 0.550 e. The van der Waals surface area contributed by atoms with E-state index in [-0.39, 0.29) is 57.4 Å². The number of hydrogen-bond acceptors (Lipinski definition) is 13. The predicted molar refractivity (Wildman–Crippen MR) is 239 cm³/mol. The van der Waals surface area contributed by atoms with E-state index in [4.69, 9.17) is 28.5 Å². The molecular weight excluding hydrogens is 844 g/mol. The molecule has 15 nitrogen and oxygen atoms in total. The Morgan fingerprint density at radius 1 is 0.629 bits per heavy atom. The summed E-state index contributed by atoms with van der Waals surface area (Å²) in [6, 6.07) is 21.9. The van der Waals surface area contributed by atoms with Crippen molar-refractivity contribution < 1.29 is 49.3 Å². The van der Waals surface area contributed by atoms with Gasteiger partial charge in [-0.1, -0.05) is 75.6 Å². The number of carboxylic acid groups (broad SMARTS) is 1. The Morgan fingerprint density at radius 2 is 1.03 bits per heavy atom. The minimum Gasteiger partial charge on any atom is -0.550 e. The van der Waals surface area contributed by atoms with Gasteiger partial charge in [-0.2, -0.15) is 15.5 Å². The van der Waals surface area contributed by atoms with Crippen LogP contribution in [-0.2, 0) is 4.79 Å². The van der Waals surface area contributed by atoms with Crippen LogP contribution in [0, 0.1) is 45.4 Å². The first-order valence-electron chi connectivity index (χ1n) is 20.3. The third kappa shape index (κ3) is 18.2. The second kappa shape index (κ2) is 28.6. The number of non-ortho nitro benzene ring substituents is 2. The van der Waals surface area contributed by atoms with Crippen LogP contribution in [0.5, 0.6) is 0 Å². The Morgan fingerprint density at radius 3 is 1.39 bits per heavy atom. The van der Waals surface area contributed by atoms with Gasteiger partial charge >= 0.3 is 29.6 Å². The van der Waals surface area contributed by atoms with E-state index in [2.05, 4.69) is 45.3 Å². The van der Waals surface area contributed by atoms with Crippen molar-refractivity contribution in [3.8, 4) is 6.07 Å². The van der Waals surface area contributed by atoms with Crippen molar-refractivity contribution in [2.45, 2.75) is 91.9 Å². The minimum absolute atomic E-state index is 0. The molecule has 0 aliphatic carbocycles. The molecule has 4 rings (SSSR count). The third-order valence-corrected chi connectivity index (χ3v) is 10.2. The van der Waals surface area contributed by atoms with Gasteiger partial charge in [-0.05, 0) is 86.3 Å². The predicted octanol–water partition coefficient (Wildman–Crippen LogP) is 9.78. The number of aliphatic carboxylic acids is 1. The molecule has 0 aliphatic rings. The van der Waals surface area contributed by atoms with Crippen LogP contribution in [0.15, 0.2) is 93.3 Å². The number of nitriles is 1. The summed E-state index contributed by atoms with van der Waals surface area (Å²) in [6.07, 6.45) is 9.50. The summed E-state index contributed by atoms with van der Waals surface area (Å²) in [7, 11) is 0. The number of nitro benzene ring substituents is 2. The molecule has 0 heterocycles. The second-order valence-corrected chi connectivity index (χ2v) is 15.1. The summed E-state index contributed by atoms with van der Waals surface area (Å²) in [5, 5.41) is 58.6. The molecule has 0 saturated heterocycles. The van der Waals surface area contributed by atoms with Crippen molar-refractivity contribution in [3.63, 3.8) is 0 Å². The number of halogens is 2. The van der Waals surface area contributed by atoms with Gasteiger partial charge in [0.2, 0.25) is 0 Å². The summed E-state index contributed by atoms with van der Waals surface area (Å²) < 4.78 is 0. The molecule has 0 fully saturated rings. The molecule has 0 aliphatic heterocycles. The summed E-state index contributed by atoms with van der Waals surface area (Å²) in [4.78, 5) is 35.8. The number of carboxylic acids is 1. The number of carbonyl (C=O) groups excluding carboxylic acids is 1. The average molecular weight is 897 g/mol. The van der Waals surface area contributed by atoms with Gasteiger partial charge in [0.15, 0.2) is 0 Å². The number of nitro groups is 2. The van der Waals surface area contributed by atoms with Crippen LogP contribution in [-0.4, -0.2) is 42.0 Å². The van der Waals surface area contributed by atoms with E-state index in [0.717, 1.165) is 67.7 Å². The fourth-order valence-corrected chi connectivity index (χ4v) is 6.53. The number of hydrogen-bond donors (Lipinski definition) is 0. The van der Waals surface area contributed by atoms with Gasteiger partial charge in [0.25, 0.3) is 11.4 Å². The van der Waals surface area contributed by atoms with Crippen molar-refractivity contribution >= 4 is 74.7 Å². The quantitative estimate of drug-likeness (QED) is 0.0228. The molecule has 0 spiro atoms. The Bertz CT molecular complexity index is 2200. The first kappa shape index (κ1) is 53.2. The molecule has 0 amide bonds. The van der Waals surface area contributed by atoms with E-state index >= 15 is 0 Å². The molecule has 4 aromatic carbocycles. The fraction of sp³-hybridized carbons (Fsp3) is 0.409. The maximum atomic E-state index is 10.9. The Kier molecular flexibility index (Phi) is 24.5. The van der Waals surface area contributed by atoms with Crippen molar-refractivity contribution in [2.75, 3.05) is 36.0 Å². The van der Waals surface area contributed by atoms with E-state index in [0.29, 0.717) is 42.3 Å². The van der Waals surface area contributed by atoms with Crippen LogP contribution in [0.1, 0.15) is 89.2 Å². The molecule has 0 N–H and O–H groups in total. The zero-order valence-electron chi connectivity index (χ0n) is 36.1. The van der Waals surface area contributed by atoms with Crippen molar-refractivity contribution in [3.05, 3.63) is 114 Å². The minimum atomic E-state index is -1.07. The number of unbranched alkanes of at least 4 members (excludes halogenated alkanes) is 6. The molecule has 18 heteroatoms. The molecule has 0 saturated carbocycles. The maximum Gasteiger partial charge on any atom is 1.00 e. The molecular formula is C44H52Cl2N9NaO6. The Labute approximate surface area is 395 Å². The molecule has 0 atom stereocenters. The monoisotopic (exact) mass is 895 g/mol. The van der Waals surface area contributed by atoms with Crippen LogP contribution >= 0.6 is 23.2 Å². The zero-order chi connectivity index (χ0) is 44.7. The summed E-state index contributed by atoms with van der Waals surface area (Å²) in [5.74, 6) is -1.07. The summed E-state index contributed by atoms with van der Waals surface area (Å²) in [5.41, 5.74) is 5.63. The first-order chi connectivity index (χ1) is 29.3. The van der Waals surface area contributed by atoms with E-state index in [1.807, 2.05) is 55.1 Å². The summed E-state index contributed by atoms with van der Waals surface area (Å²) in [6.45, 7) is 10.9. The Hall–Kier alpha value is -4.98. The molecule has 62 heavy (non-hydrogen) atoms. The molecule has 4 aromatic rings. The molecule has 0 unspecified atom stereocenters. The van der Waals surface area contributed by atoms with E-state index in [1.165, 1.54) is 55.7 Å². The zero-order valence-corrected chi connectivity index (χ0v) is 39.6. The topological polar surface area (TPSA) is 206 Å². The SMILES string of the molecule is CCCCCCN(CCC#N)c1ccc(N=Nc2ccc([N+](=O)[O-])cc2Cl)c(C)c1.CCCCCCN(CCC(=O)[O-])c1ccc(N=Nc2ccc([N+](=O)[O-])cc2Cl)c(C)c1.[Na+]. The normalized spacial score (nSPS) is 10.8. The van der Waals surface area contributed by atoms with Gasteiger partial charge in [0, 0.05) is 74.2 Å². The van der Waals surface area contributed by atoms with Gasteiger partial charge < -0.3 is 19.7 Å². The second-order valence-electron chi connectivity index (χ2n) is 14.3. The largest absolute Gasteiger partial charge is 1.00 e. The molecule has 324 valence electrons. The van der Waals surface area contributed by atoms with Gasteiger partial charge in [-0.3, -0.25) is 20.2 Å². The number of azo groups is 2. The van der Waals surface area contributed by atoms with Crippen molar-refractivity contribution in [1.29, 1.82) is 5.26 Å². The number of carbonyl (C=O) groups is 1. The molecule has 0 bridgehead atoms. The number of rotatable bonds is 23. The van der Waals surface area contributed by atoms with Crippen LogP contribution < -0.4 is 44.5 Å². The van der Waals surface area contributed by atoms with Crippen LogP contribution in [0.2, 0.25) is 10.0 Å². The third-order valence-electron chi connectivity index (χ3n) is 9.55. The van der Waals surface area contributed by atoms with Crippen LogP contribution in [0.3, 0.4) is 0 Å². The van der Waals surface area contributed by atoms with E-state index < -0.39 is 15.8 Å². The van der Waals surface area contributed by atoms with Crippen LogP contribution in [0.4, 0.5) is 45.5 Å². The molecule has 0 aromatic heterocycles. The first-order valence-corrected chi connectivity index (χ1v) is 21.0. The van der Waals surface area contributed by atoms with E-state index in [9.17, 15) is 30.1 Å². The maximum absolute atomic E-state index is 10.9. The average Bonchev–Trinajstić information content (AvgIpc) is 3.23. The number of benzene rings is 4. The van der Waals surface area contributed by atoms with Gasteiger partial charge in [0.1, 0.15) is 11.4 Å². The summed E-state index contributed by atoms with van der Waals surface area (Å²) >= 11 is 12.1. The standard InChI is InChI=1S/C22H26ClN5O2.C22H27ClN4O4.Na/c1-3-4-5-6-13-27(14-7-12-24)18-8-10-21(17(2)15-18)25-26-22-11-9-19(28(29)30)16-20(22)23;1-3-4-5-6-12-26(13-11-22(28)29)17-7-9-20(16(2)14-17)24-25-21-10-8-18(27(30)31)15-19(21)23;/h8-11,15-16H,3-7,13-14H2,1-2H3;7-10,14-15H,3-6,11-13H2,1-2H3,(H,28,29);/q;;+1/p-1. The number of aryl methyl sites for hydroxylation is 2. The number of anilines is 2. The Balaban J connectivity index is 0.000000420. The fourth-order valence-electron chi connectivity index (χ4n) is 6.10. The molecule has 0 radical (unpaired) electrons. The van der Waals surface area contributed by atoms with Gasteiger partial charge in [-0.25, -0.2) is 0 Å². The van der Waals surface area contributed by atoms with Gasteiger partial charge in [0.05, 0.1) is 43.8 Å². The van der Waals surface area contributed by atoms with Crippen molar-refractivity contribution in [1.82, 2.24) is 0 Å². The van der Waals surface area contributed by atoms with Gasteiger partial charge in [-0.15, -0.1) is 10.2 Å². The van der Waals surface area contributed by atoms with Crippen molar-refractivity contribution in [2.24, 2.45) is 20.5 Å². The number of nitrogens with zero attached hydrogens (tertiary/aromatic N) is 9.